The van der Waals surface area contributed by atoms with Gasteiger partial charge >= 0.3 is 0 Å². The van der Waals surface area contributed by atoms with Crippen molar-refractivity contribution in [3.05, 3.63) is 58.8 Å². The lowest BCUT2D eigenvalue weighted by Gasteiger charge is -2.07. The van der Waals surface area contributed by atoms with E-state index in [1.165, 1.54) is 0 Å². The molecule has 22 heavy (non-hydrogen) atoms. The van der Waals surface area contributed by atoms with E-state index in [0.29, 0.717) is 22.8 Å². The van der Waals surface area contributed by atoms with E-state index in [2.05, 4.69) is 0 Å². The topological polar surface area (TPSA) is 44.8 Å². The summed E-state index contributed by atoms with van der Waals surface area (Å²) < 4.78 is 16.2. The minimum absolute atomic E-state index is 0.122. The average Bonchev–Trinajstić information content (AvgIpc) is 2.83. The highest BCUT2D eigenvalue weighted by Gasteiger charge is 2.27. The highest BCUT2D eigenvalue weighted by molar-refractivity contribution is 6.14. The first-order valence-electron chi connectivity index (χ1n) is 6.89. The molecule has 0 aliphatic carbocycles. The van der Waals surface area contributed by atoms with Gasteiger partial charge < -0.3 is 14.2 Å². The number of rotatable bonds is 3. The molecule has 0 radical (unpaired) electrons. The molecule has 0 atom stereocenters. The predicted molar refractivity (Wildman–Crippen MR) is 83.7 cm³/mol. The molecule has 0 saturated carbocycles. The molecular formula is C18H16O4. The predicted octanol–water partition coefficient (Wildman–Crippen LogP) is 3.63. The fourth-order valence-electron chi connectivity index (χ4n) is 2.40. The number of carbonyl (C=O) groups excluding carboxylic acids is 1. The van der Waals surface area contributed by atoms with Crippen LogP contribution in [0.4, 0.5) is 0 Å². The SMILES string of the molecule is COc1ccc(OC)c(/C=C2\Oc3ccc(C)cc3C2=O)c1. The zero-order valence-electron chi connectivity index (χ0n) is 12.7. The number of hydrogen-bond acceptors (Lipinski definition) is 4. The van der Waals surface area contributed by atoms with Gasteiger partial charge in [-0.1, -0.05) is 11.6 Å². The second-order valence-electron chi connectivity index (χ2n) is 5.05. The second-order valence-corrected chi connectivity index (χ2v) is 5.05. The molecule has 2 aromatic rings. The van der Waals surface area contributed by atoms with Crippen molar-refractivity contribution in [3.8, 4) is 17.2 Å². The summed E-state index contributed by atoms with van der Waals surface area (Å²) >= 11 is 0. The van der Waals surface area contributed by atoms with Gasteiger partial charge in [-0.2, -0.15) is 0 Å². The Hall–Kier alpha value is -2.75. The summed E-state index contributed by atoms with van der Waals surface area (Å²) in [6.07, 6.45) is 1.68. The van der Waals surface area contributed by atoms with Crippen molar-refractivity contribution in [2.45, 2.75) is 6.92 Å². The Bertz CT molecular complexity index is 775. The number of ether oxygens (including phenoxy) is 3. The average molecular weight is 296 g/mol. The molecular weight excluding hydrogens is 280 g/mol. The van der Waals surface area contributed by atoms with Crippen LogP contribution in [0.2, 0.25) is 0 Å². The Kier molecular flexibility index (Phi) is 3.59. The van der Waals surface area contributed by atoms with E-state index in [4.69, 9.17) is 14.2 Å². The summed E-state index contributed by atoms with van der Waals surface area (Å²) in [7, 11) is 3.17. The van der Waals surface area contributed by atoms with Crippen LogP contribution < -0.4 is 14.2 Å². The number of benzene rings is 2. The Balaban J connectivity index is 2.02. The van der Waals surface area contributed by atoms with E-state index in [1.807, 2.05) is 25.1 Å². The van der Waals surface area contributed by atoms with Crippen molar-refractivity contribution >= 4 is 11.9 Å². The largest absolute Gasteiger partial charge is 0.497 e. The van der Waals surface area contributed by atoms with Gasteiger partial charge in [0.25, 0.3) is 0 Å². The fraction of sp³-hybridized carbons (Fsp3) is 0.167. The number of methoxy groups -OCH3 is 2. The van der Waals surface area contributed by atoms with Crippen LogP contribution in [-0.4, -0.2) is 20.0 Å². The van der Waals surface area contributed by atoms with E-state index < -0.39 is 0 Å². The molecule has 0 bridgehead atoms. The monoisotopic (exact) mass is 296 g/mol. The van der Waals surface area contributed by atoms with Crippen LogP contribution in [0.15, 0.2) is 42.2 Å². The molecule has 0 unspecified atom stereocenters. The minimum atomic E-state index is -0.122. The standard InChI is InChI=1S/C18H16O4/c1-11-4-6-16-14(8-11)18(19)17(22-16)10-12-9-13(20-2)5-7-15(12)21-3/h4-10H,1-3H3/b17-10-. The lowest BCUT2D eigenvalue weighted by atomic mass is 10.1. The third-order valence-corrected chi connectivity index (χ3v) is 3.55. The molecule has 0 N–H and O–H groups in total. The van der Waals surface area contributed by atoms with Crippen LogP contribution >= 0.6 is 0 Å². The molecule has 0 fully saturated rings. The molecule has 1 aliphatic heterocycles. The Morgan fingerprint density at radius 2 is 1.86 bits per heavy atom. The van der Waals surface area contributed by atoms with Gasteiger partial charge in [-0.15, -0.1) is 0 Å². The van der Waals surface area contributed by atoms with Gasteiger partial charge in [0.1, 0.15) is 17.2 Å². The van der Waals surface area contributed by atoms with Gasteiger partial charge in [-0.05, 0) is 43.3 Å². The maximum atomic E-state index is 12.4. The van der Waals surface area contributed by atoms with E-state index in [1.54, 1.807) is 38.5 Å². The quantitative estimate of drug-likeness (QED) is 0.811. The summed E-state index contributed by atoms with van der Waals surface area (Å²) in [6, 6.07) is 11.0. The smallest absolute Gasteiger partial charge is 0.231 e. The number of carbonyl (C=O) groups is 1. The van der Waals surface area contributed by atoms with E-state index in [9.17, 15) is 4.79 Å². The summed E-state index contributed by atoms with van der Waals surface area (Å²) in [6.45, 7) is 1.94. The van der Waals surface area contributed by atoms with E-state index >= 15 is 0 Å². The number of fused-ring (bicyclic) bond motifs is 1. The Morgan fingerprint density at radius 3 is 2.59 bits per heavy atom. The van der Waals surface area contributed by atoms with Crippen molar-refractivity contribution < 1.29 is 19.0 Å². The van der Waals surface area contributed by atoms with Gasteiger partial charge in [0, 0.05) is 5.56 Å². The molecule has 0 saturated heterocycles. The molecule has 3 rings (SSSR count). The summed E-state index contributed by atoms with van der Waals surface area (Å²) in [5, 5.41) is 0. The van der Waals surface area contributed by atoms with Gasteiger partial charge in [0.15, 0.2) is 5.76 Å². The summed E-state index contributed by atoms with van der Waals surface area (Å²) in [5.74, 6) is 2.09. The number of aryl methyl sites for hydroxylation is 1. The normalized spacial score (nSPS) is 14.7. The van der Waals surface area contributed by atoms with Crippen molar-refractivity contribution in [1.29, 1.82) is 0 Å². The summed E-state index contributed by atoms with van der Waals surface area (Å²) in [5.41, 5.74) is 2.35. The van der Waals surface area contributed by atoms with Crippen LogP contribution in [0.1, 0.15) is 21.5 Å². The molecule has 0 spiro atoms. The zero-order valence-corrected chi connectivity index (χ0v) is 12.7. The first kappa shape index (κ1) is 14.2. The first-order valence-corrected chi connectivity index (χ1v) is 6.89. The Labute approximate surface area is 128 Å². The molecule has 0 aromatic heterocycles. The van der Waals surface area contributed by atoms with Gasteiger partial charge in [0.2, 0.25) is 5.78 Å². The fourth-order valence-corrected chi connectivity index (χ4v) is 2.40. The molecule has 112 valence electrons. The maximum absolute atomic E-state index is 12.4. The van der Waals surface area contributed by atoms with Gasteiger partial charge in [-0.25, -0.2) is 0 Å². The second kappa shape index (κ2) is 5.56. The lowest BCUT2D eigenvalue weighted by molar-refractivity contribution is 0.101. The number of ketones is 1. The van der Waals surface area contributed by atoms with Crippen molar-refractivity contribution in [2.75, 3.05) is 14.2 Å². The third-order valence-electron chi connectivity index (χ3n) is 3.55. The van der Waals surface area contributed by atoms with Crippen LogP contribution in [0.3, 0.4) is 0 Å². The highest BCUT2D eigenvalue weighted by atomic mass is 16.5. The Morgan fingerprint density at radius 1 is 1.05 bits per heavy atom. The number of hydrogen-bond donors (Lipinski definition) is 0. The number of allylic oxidation sites excluding steroid dienone is 1. The maximum Gasteiger partial charge on any atom is 0.231 e. The molecule has 2 aromatic carbocycles. The minimum Gasteiger partial charge on any atom is -0.497 e. The summed E-state index contributed by atoms with van der Waals surface area (Å²) in [4.78, 5) is 12.4. The molecule has 1 aliphatic rings. The van der Waals surface area contributed by atoms with Crippen LogP contribution in [0, 0.1) is 6.92 Å². The first-order chi connectivity index (χ1) is 10.6. The van der Waals surface area contributed by atoms with Crippen molar-refractivity contribution in [1.82, 2.24) is 0 Å². The molecule has 4 heteroatoms. The van der Waals surface area contributed by atoms with E-state index in [0.717, 1.165) is 11.1 Å². The molecule has 1 heterocycles. The third kappa shape index (κ3) is 2.44. The molecule has 4 nitrogen and oxygen atoms in total. The van der Waals surface area contributed by atoms with Gasteiger partial charge in [-0.3, -0.25) is 4.79 Å². The van der Waals surface area contributed by atoms with Crippen molar-refractivity contribution in [2.24, 2.45) is 0 Å². The van der Waals surface area contributed by atoms with Crippen LogP contribution in [0.5, 0.6) is 17.2 Å². The molecule has 0 amide bonds. The van der Waals surface area contributed by atoms with Crippen LogP contribution in [-0.2, 0) is 0 Å². The zero-order chi connectivity index (χ0) is 15.7. The number of Topliss-reactive ketones (excluding diaryl/α,β-unsaturated/α-hetero) is 1. The van der Waals surface area contributed by atoms with Gasteiger partial charge in [0.05, 0.1) is 19.8 Å². The lowest BCUT2D eigenvalue weighted by Crippen LogP contribution is -1.99. The van der Waals surface area contributed by atoms with Crippen LogP contribution in [0.25, 0.3) is 6.08 Å². The highest BCUT2D eigenvalue weighted by Crippen LogP contribution is 2.34. The van der Waals surface area contributed by atoms with Crippen molar-refractivity contribution in [3.63, 3.8) is 0 Å². The van der Waals surface area contributed by atoms with E-state index in [-0.39, 0.29) is 11.5 Å².